The molecule has 0 bridgehead atoms. The van der Waals surface area contributed by atoms with Crippen LogP contribution in [0.3, 0.4) is 0 Å². The van der Waals surface area contributed by atoms with Crippen LogP contribution in [0.25, 0.3) is 0 Å². The van der Waals surface area contributed by atoms with Crippen LogP contribution in [0, 0.1) is 0 Å². The summed E-state index contributed by atoms with van der Waals surface area (Å²) in [5, 5.41) is 120. The van der Waals surface area contributed by atoms with Crippen LogP contribution in [0.2, 0.25) is 0 Å². The topological polar surface area (TPSA) is 261 Å². The number of aliphatic hydroxyl groups is 12. The maximum Gasteiger partial charge on any atom is 0.0790 e. The fourth-order valence-electron chi connectivity index (χ4n) is 17.7. The van der Waals surface area contributed by atoms with Gasteiger partial charge in [-0.1, -0.05) is 374 Å². The molecule has 8 aromatic carbocycles. The van der Waals surface area contributed by atoms with Crippen molar-refractivity contribution in [3.63, 3.8) is 0 Å². The van der Waals surface area contributed by atoms with E-state index >= 15 is 0 Å². The number of hydrogen-bond donors (Lipinski definition) is 12. The highest BCUT2D eigenvalue weighted by Crippen LogP contribution is 2.32. The molecular weight excluding hydrogens is 1770 g/mol. The lowest BCUT2D eigenvalue weighted by Crippen LogP contribution is -2.28. The summed E-state index contributed by atoms with van der Waals surface area (Å²) in [4.78, 5) is 1.49. The Morgan fingerprint density at radius 2 is 0.496 bits per heavy atom. The van der Waals surface area contributed by atoms with Gasteiger partial charge in [0.15, 0.2) is 0 Å². The highest BCUT2D eigenvalue weighted by molar-refractivity contribution is 7.09. The van der Waals surface area contributed by atoms with E-state index in [-0.39, 0.29) is 62.0 Å². The van der Waals surface area contributed by atoms with E-state index in [1.165, 1.54) is 87.1 Å². The van der Waals surface area contributed by atoms with E-state index in [0.717, 1.165) is 309 Å². The molecule has 0 aliphatic rings. The lowest BCUT2D eigenvalue weighted by atomic mass is 9.86. The van der Waals surface area contributed by atoms with Gasteiger partial charge in [-0.2, -0.15) is 0 Å². The molecule has 12 N–H and O–H groups in total. The largest absolute Gasteiger partial charge is 0.396 e. The Hall–Kier alpha value is -7.10. The van der Waals surface area contributed by atoms with Gasteiger partial charge >= 0.3 is 0 Å². The number of aliphatic hydroxyl groups excluding tert-OH is 10. The number of methoxy groups -OCH3 is 2. The fraction of sp³-hybridized carbons (Fsp3) is 0.587. The third-order valence-corrected chi connectivity index (χ3v) is 26.7. The molecule has 14 nitrogen and oxygen atoms in total. The van der Waals surface area contributed by atoms with Gasteiger partial charge in [0.2, 0.25) is 0 Å². The minimum Gasteiger partial charge on any atom is -0.396 e. The molecule has 0 spiro atoms. The minimum atomic E-state index is -0.526. The highest BCUT2D eigenvalue weighted by atomic mass is 32.1. The van der Waals surface area contributed by atoms with E-state index < -0.39 is 11.2 Å². The predicted molar refractivity (Wildman–Crippen MR) is 597 cm³/mol. The van der Waals surface area contributed by atoms with Crippen LogP contribution in [0.1, 0.15) is 451 Å². The molecule has 792 valence electrons. The summed E-state index contributed by atoms with van der Waals surface area (Å²) in [6, 6.07) is 70.7. The van der Waals surface area contributed by atoms with Crippen molar-refractivity contribution < 1.29 is 70.8 Å². The molecule has 9 aromatic rings. The second-order valence-corrected chi connectivity index (χ2v) is 39.9. The van der Waals surface area contributed by atoms with Gasteiger partial charge in [-0.25, -0.2) is 0 Å². The van der Waals surface area contributed by atoms with Gasteiger partial charge in [0.25, 0.3) is 0 Å². The number of thiophene rings is 1. The molecule has 0 saturated heterocycles. The molecule has 8 atom stereocenters. The number of unbranched alkanes of at least 4 members (excludes halogenated alkanes) is 3. The first-order chi connectivity index (χ1) is 68.2. The number of benzene rings is 8. The van der Waals surface area contributed by atoms with Crippen LogP contribution < -0.4 is 0 Å². The zero-order chi connectivity index (χ0) is 104. The van der Waals surface area contributed by atoms with Gasteiger partial charge in [0.05, 0.1) is 60.0 Å². The van der Waals surface area contributed by atoms with Gasteiger partial charge < -0.3 is 70.8 Å². The highest BCUT2D eigenvalue weighted by Gasteiger charge is 2.26. The minimum absolute atomic E-state index is 0.195. The maximum absolute atomic E-state index is 10.7. The standard InChI is InChI=1S/2C19H32O2.C16H26O2.C16H20S.C15H24O2.2C14H22O2.C13H20O2/c2*1-4-8-18(20)17-10-7-9-16(15-17)11-14-19(21,12-5-2)13-6-3;1-3-6-15(17)11-10-13-8-5-9-14(12-13)16(18)7-4-2;1-2-3-6-14-7-4-8-15(13-14)10-11-16-9-5-12-17-16;1-3-7-15(16)14-10-6-9-13(12-14)8-4-5-11-17-2;1-3-6-14(15)13-9-4-7-12(11-13)8-5-10-16-2;1-2-6-14(16)13-9-5-8-12(11-13)7-3-4-10-15;1-2-5-13(15)12-8-3-6-11(10-12)7-4-9-14/h2*7,9-10,15,18,20-21H,4-6,8,11-14H2,1-3H3;5,8-9,12,15-18H,3-4,6-7,10-11H2,1-2H3;4-5,7-9,12-13H,2-3,6,10-11H2,1H3;6,9-10,12,15-16H,3-5,7-8,11H2,1-2H3;4,7,9,11,14-15H,3,5-6,8,10H2,1-2H3;5,8-9,11,14-16H,2-4,6-7,10H2,1H3;3,6,8,10,13-15H,2,4-5,7,9H2,1H3/t2*18-;;;;;;/m10....../s1. The molecule has 0 fully saturated rings. The monoisotopic (exact) mass is 1970 g/mol. The Kier molecular flexibility index (Phi) is 76.5. The van der Waals surface area contributed by atoms with Crippen LogP contribution in [-0.4, -0.2) is 119 Å². The van der Waals surface area contributed by atoms with Crippen LogP contribution in [0.15, 0.2) is 212 Å². The second-order valence-electron chi connectivity index (χ2n) is 38.8. The molecule has 9 rings (SSSR count). The van der Waals surface area contributed by atoms with E-state index in [2.05, 4.69) is 205 Å². The van der Waals surface area contributed by atoms with E-state index in [1.54, 1.807) is 14.2 Å². The van der Waals surface area contributed by atoms with Crippen molar-refractivity contribution in [2.45, 2.75) is 439 Å². The third kappa shape index (κ3) is 60.6. The first kappa shape index (κ1) is 130. The Labute approximate surface area is 861 Å². The van der Waals surface area contributed by atoms with E-state index in [1.807, 2.05) is 108 Å². The summed E-state index contributed by atoms with van der Waals surface area (Å²) in [6.07, 6.45) is 40.6. The van der Waals surface area contributed by atoms with E-state index in [0.29, 0.717) is 0 Å². The number of rotatable bonds is 62. The van der Waals surface area contributed by atoms with Crippen LogP contribution in [0.4, 0.5) is 0 Å². The third-order valence-electron chi connectivity index (χ3n) is 25.7. The summed E-state index contributed by atoms with van der Waals surface area (Å²) in [5.41, 5.74) is 17.7. The fourth-order valence-corrected chi connectivity index (χ4v) is 18.4. The molecule has 15 heteroatoms. The SMILES string of the molecule is CCCC(O)CCc1cccc(C(O)CCC)c1.CCCC(O)c1cccc(CCCCO)c1.CCCC(O)c1cccc(CCCCOC)c1.CCCC(O)c1cccc(CCCO)c1.CCCC(O)c1cccc(CCCOC)c1.CCCCc1cccc(CCc2cccs2)c1.CCC[C@@H](O)c1cccc(CCC(O)(CCC)CCC)c1.CCC[C@H](O)c1cccc(CCC(O)(CCC)CCC)c1. The Morgan fingerprint density at radius 1 is 0.234 bits per heavy atom. The summed E-state index contributed by atoms with van der Waals surface area (Å²) < 4.78 is 10.1. The maximum atomic E-state index is 10.7. The Bertz CT molecular complexity index is 4260. The first-order valence-electron chi connectivity index (χ1n) is 55.0. The van der Waals surface area contributed by atoms with Gasteiger partial charge in [-0.05, 0) is 306 Å². The summed E-state index contributed by atoms with van der Waals surface area (Å²) >= 11 is 1.86. The molecule has 6 unspecified atom stereocenters. The van der Waals surface area contributed by atoms with Crippen LogP contribution in [0.5, 0.6) is 0 Å². The molecular formula is C126H198O14S. The molecule has 0 radical (unpaired) electrons. The molecule has 0 aliphatic heterocycles. The van der Waals surface area contributed by atoms with Gasteiger partial charge in [-0.15, -0.1) is 11.3 Å². The Morgan fingerprint density at radius 3 is 0.780 bits per heavy atom. The zero-order valence-electron chi connectivity index (χ0n) is 90.6. The van der Waals surface area contributed by atoms with Crippen molar-refractivity contribution in [1.82, 2.24) is 0 Å². The van der Waals surface area contributed by atoms with Crippen LogP contribution >= 0.6 is 11.3 Å². The lowest BCUT2D eigenvalue weighted by molar-refractivity contribution is 0.0127. The smallest absolute Gasteiger partial charge is 0.0790 e. The van der Waals surface area contributed by atoms with Crippen molar-refractivity contribution in [1.29, 1.82) is 0 Å². The quantitative estimate of drug-likeness (QED) is 0.0158. The average molecular weight is 1970 g/mol. The summed E-state index contributed by atoms with van der Waals surface area (Å²) in [6.45, 7) is 29.5. The number of ether oxygens (including phenoxy) is 2. The molecule has 0 aliphatic carbocycles. The van der Waals surface area contributed by atoms with Gasteiger partial charge in [0, 0.05) is 45.5 Å². The van der Waals surface area contributed by atoms with Crippen molar-refractivity contribution in [2.24, 2.45) is 0 Å². The van der Waals surface area contributed by atoms with E-state index in [9.17, 15) is 51.1 Å². The summed E-state index contributed by atoms with van der Waals surface area (Å²) in [5.74, 6) is 0. The van der Waals surface area contributed by atoms with Crippen molar-refractivity contribution in [3.8, 4) is 0 Å². The van der Waals surface area contributed by atoms with Gasteiger partial charge in [-0.3, -0.25) is 0 Å². The molecule has 1 heterocycles. The molecule has 141 heavy (non-hydrogen) atoms. The van der Waals surface area contributed by atoms with Crippen molar-refractivity contribution >= 4 is 11.3 Å². The summed E-state index contributed by atoms with van der Waals surface area (Å²) in [7, 11) is 3.46. The first-order valence-corrected chi connectivity index (χ1v) is 55.9. The lowest BCUT2D eigenvalue weighted by Gasteiger charge is -2.27. The number of aryl methyl sites for hydroxylation is 10. The zero-order valence-corrected chi connectivity index (χ0v) is 91.4. The molecule has 0 amide bonds. The second kappa shape index (κ2) is 83.0. The van der Waals surface area contributed by atoms with Gasteiger partial charge in [0.1, 0.15) is 0 Å². The molecule has 1 aromatic heterocycles. The van der Waals surface area contributed by atoms with E-state index in [4.69, 9.17) is 19.7 Å². The predicted octanol–water partition coefficient (Wildman–Crippen LogP) is 29.9. The van der Waals surface area contributed by atoms with Crippen molar-refractivity contribution in [2.75, 3.05) is 40.6 Å². The average Bonchev–Trinajstić information content (AvgIpc) is 1.33. The molecule has 0 saturated carbocycles. The Balaban J connectivity index is 0.000000546. The number of hydrogen-bond acceptors (Lipinski definition) is 15. The normalized spacial score (nSPS) is 12.9. The van der Waals surface area contributed by atoms with Crippen LogP contribution in [-0.2, 0) is 73.7 Å². The van der Waals surface area contributed by atoms with Crippen molar-refractivity contribution in [3.05, 3.63) is 306 Å².